The topological polar surface area (TPSA) is 68.2 Å². The molecule has 2 N–H and O–H groups in total. The Hall–Kier alpha value is -2.56. The molecule has 5 heteroatoms. The number of hydrogen-bond donors (Lipinski definition) is 1. The average molecular weight is 268 g/mol. The van der Waals surface area contributed by atoms with Crippen LogP contribution in [0.2, 0.25) is 0 Å². The first kappa shape index (κ1) is 12.5. The Balaban J connectivity index is 1.94. The lowest BCUT2D eigenvalue weighted by Gasteiger charge is -2.18. The number of hydrogen-bond acceptors (Lipinski definition) is 5. The summed E-state index contributed by atoms with van der Waals surface area (Å²) in [6.45, 7) is 2.53. The number of nitrogen functional groups attached to an aromatic ring is 1. The second-order valence-corrected chi connectivity index (χ2v) is 4.79. The van der Waals surface area contributed by atoms with Gasteiger partial charge in [0.25, 0.3) is 0 Å². The third-order valence-corrected chi connectivity index (χ3v) is 3.13. The van der Waals surface area contributed by atoms with Crippen LogP contribution >= 0.6 is 0 Å². The molecule has 0 unspecified atom stereocenters. The SMILES string of the molecule is Cc1ccc(CN(C)c2nc3ccccc3nc2N)o1. The van der Waals surface area contributed by atoms with Crippen molar-refractivity contribution >= 4 is 22.7 Å². The van der Waals surface area contributed by atoms with E-state index in [0.29, 0.717) is 18.2 Å². The highest BCUT2D eigenvalue weighted by atomic mass is 16.3. The fourth-order valence-corrected chi connectivity index (χ4v) is 2.16. The van der Waals surface area contributed by atoms with Crippen molar-refractivity contribution in [2.45, 2.75) is 13.5 Å². The van der Waals surface area contributed by atoms with Gasteiger partial charge in [-0.15, -0.1) is 0 Å². The number of aromatic nitrogens is 2. The second kappa shape index (κ2) is 4.85. The van der Waals surface area contributed by atoms with Crippen LogP contribution in [0.4, 0.5) is 11.6 Å². The number of fused-ring (bicyclic) bond motifs is 1. The number of benzene rings is 1. The van der Waals surface area contributed by atoms with E-state index in [1.807, 2.05) is 55.3 Å². The molecule has 0 aliphatic rings. The van der Waals surface area contributed by atoms with Crippen LogP contribution in [-0.4, -0.2) is 17.0 Å². The first-order valence-corrected chi connectivity index (χ1v) is 6.42. The number of rotatable bonds is 3. The Kier molecular flexibility index (Phi) is 3.02. The summed E-state index contributed by atoms with van der Waals surface area (Å²) < 4.78 is 5.57. The molecule has 0 fully saturated rings. The molecule has 0 bridgehead atoms. The maximum absolute atomic E-state index is 6.00. The summed E-state index contributed by atoms with van der Waals surface area (Å²) in [7, 11) is 1.92. The minimum Gasteiger partial charge on any atom is -0.464 e. The number of para-hydroxylation sites is 2. The fourth-order valence-electron chi connectivity index (χ4n) is 2.16. The van der Waals surface area contributed by atoms with Crippen LogP contribution in [0, 0.1) is 6.92 Å². The summed E-state index contributed by atoms with van der Waals surface area (Å²) in [5.41, 5.74) is 7.63. The van der Waals surface area contributed by atoms with Crippen LogP contribution in [0.25, 0.3) is 11.0 Å². The molecule has 0 spiro atoms. The Morgan fingerprint density at radius 1 is 1.10 bits per heavy atom. The second-order valence-electron chi connectivity index (χ2n) is 4.79. The van der Waals surface area contributed by atoms with Gasteiger partial charge in [-0.1, -0.05) is 12.1 Å². The van der Waals surface area contributed by atoms with E-state index >= 15 is 0 Å². The van der Waals surface area contributed by atoms with Crippen LogP contribution in [0.5, 0.6) is 0 Å². The first-order valence-electron chi connectivity index (χ1n) is 6.42. The van der Waals surface area contributed by atoms with Gasteiger partial charge < -0.3 is 15.1 Å². The van der Waals surface area contributed by atoms with Gasteiger partial charge in [0.2, 0.25) is 0 Å². The van der Waals surface area contributed by atoms with E-state index in [-0.39, 0.29) is 0 Å². The van der Waals surface area contributed by atoms with E-state index in [9.17, 15) is 0 Å². The standard InChI is InChI=1S/C15H16N4O/c1-10-7-8-11(20-10)9-19(2)15-14(16)17-12-5-3-4-6-13(12)18-15/h3-8H,9H2,1-2H3,(H2,16,17). The molecule has 2 heterocycles. The largest absolute Gasteiger partial charge is 0.464 e. The van der Waals surface area contributed by atoms with Gasteiger partial charge in [0.05, 0.1) is 17.6 Å². The Labute approximate surface area is 117 Å². The zero-order chi connectivity index (χ0) is 14.1. The predicted molar refractivity (Wildman–Crippen MR) is 79.5 cm³/mol. The molecule has 3 aromatic rings. The molecule has 0 aliphatic carbocycles. The Morgan fingerprint density at radius 3 is 2.45 bits per heavy atom. The third kappa shape index (κ3) is 2.30. The van der Waals surface area contributed by atoms with Gasteiger partial charge in [0.15, 0.2) is 11.6 Å². The van der Waals surface area contributed by atoms with Crippen molar-refractivity contribution < 1.29 is 4.42 Å². The van der Waals surface area contributed by atoms with Gasteiger partial charge in [-0.3, -0.25) is 0 Å². The van der Waals surface area contributed by atoms with Gasteiger partial charge in [-0.05, 0) is 31.2 Å². The van der Waals surface area contributed by atoms with E-state index in [4.69, 9.17) is 10.2 Å². The minimum atomic E-state index is 0.425. The average Bonchev–Trinajstić information content (AvgIpc) is 2.83. The first-order chi connectivity index (χ1) is 9.63. The Bertz CT molecular complexity index is 750. The molecule has 0 aliphatic heterocycles. The molecule has 0 amide bonds. The molecule has 1 aromatic carbocycles. The van der Waals surface area contributed by atoms with E-state index in [1.165, 1.54) is 0 Å². The van der Waals surface area contributed by atoms with Crippen molar-refractivity contribution in [1.82, 2.24) is 9.97 Å². The number of nitrogens with zero attached hydrogens (tertiary/aromatic N) is 3. The van der Waals surface area contributed by atoms with Crippen molar-refractivity contribution in [3.8, 4) is 0 Å². The van der Waals surface area contributed by atoms with Crippen molar-refractivity contribution in [2.75, 3.05) is 17.7 Å². The number of anilines is 2. The maximum Gasteiger partial charge on any atom is 0.172 e. The summed E-state index contributed by atoms with van der Waals surface area (Å²) in [5, 5.41) is 0. The fraction of sp³-hybridized carbons (Fsp3) is 0.200. The molecule has 102 valence electrons. The molecule has 0 radical (unpaired) electrons. The molecule has 0 saturated heterocycles. The molecule has 0 atom stereocenters. The zero-order valence-corrected chi connectivity index (χ0v) is 11.5. The molecular formula is C15H16N4O. The highest BCUT2D eigenvalue weighted by Crippen LogP contribution is 2.23. The lowest BCUT2D eigenvalue weighted by molar-refractivity contribution is 0.481. The molecule has 0 saturated carbocycles. The zero-order valence-electron chi connectivity index (χ0n) is 11.5. The highest BCUT2D eigenvalue weighted by molar-refractivity contribution is 5.79. The van der Waals surface area contributed by atoms with Crippen LogP contribution < -0.4 is 10.6 Å². The van der Waals surface area contributed by atoms with Crippen LogP contribution in [0.1, 0.15) is 11.5 Å². The quantitative estimate of drug-likeness (QED) is 0.791. The number of aryl methyl sites for hydroxylation is 1. The molecule has 3 rings (SSSR count). The summed E-state index contributed by atoms with van der Waals surface area (Å²) in [4.78, 5) is 10.9. The predicted octanol–water partition coefficient (Wildman–Crippen LogP) is 2.75. The monoisotopic (exact) mass is 268 g/mol. The van der Waals surface area contributed by atoms with Crippen molar-refractivity contribution in [3.05, 3.63) is 47.9 Å². The number of furan rings is 1. The van der Waals surface area contributed by atoms with Crippen LogP contribution in [0.15, 0.2) is 40.8 Å². The summed E-state index contributed by atoms with van der Waals surface area (Å²) >= 11 is 0. The number of nitrogens with two attached hydrogens (primary N) is 1. The minimum absolute atomic E-state index is 0.425. The molecule has 20 heavy (non-hydrogen) atoms. The summed E-state index contributed by atoms with van der Waals surface area (Å²) in [5.74, 6) is 2.86. The maximum atomic E-state index is 6.00. The van der Waals surface area contributed by atoms with E-state index < -0.39 is 0 Å². The van der Waals surface area contributed by atoms with Gasteiger partial charge in [-0.2, -0.15) is 0 Å². The van der Waals surface area contributed by atoms with Crippen molar-refractivity contribution in [1.29, 1.82) is 0 Å². The van der Waals surface area contributed by atoms with Gasteiger partial charge in [0, 0.05) is 7.05 Å². The smallest absolute Gasteiger partial charge is 0.172 e. The normalized spacial score (nSPS) is 10.9. The Morgan fingerprint density at radius 2 is 1.80 bits per heavy atom. The van der Waals surface area contributed by atoms with E-state index in [2.05, 4.69) is 9.97 Å². The van der Waals surface area contributed by atoms with Gasteiger partial charge >= 0.3 is 0 Å². The van der Waals surface area contributed by atoms with Crippen molar-refractivity contribution in [2.24, 2.45) is 0 Å². The third-order valence-electron chi connectivity index (χ3n) is 3.13. The highest BCUT2D eigenvalue weighted by Gasteiger charge is 2.12. The van der Waals surface area contributed by atoms with Gasteiger partial charge in [-0.25, -0.2) is 9.97 Å². The van der Waals surface area contributed by atoms with Crippen LogP contribution in [0.3, 0.4) is 0 Å². The van der Waals surface area contributed by atoms with Crippen LogP contribution in [-0.2, 0) is 6.54 Å². The summed E-state index contributed by atoms with van der Waals surface area (Å²) in [6.07, 6.45) is 0. The lowest BCUT2D eigenvalue weighted by Crippen LogP contribution is -2.19. The lowest BCUT2D eigenvalue weighted by atomic mass is 10.3. The van der Waals surface area contributed by atoms with Gasteiger partial charge in [0.1, 0.15) is 11.5 Å². The molecule has 2 aromatic heterocycles. The molecular weight excluding hydrogens is 252 g/mol. The van der Waals surface area contributed by atoms with E-state index in [1.54, 1.807) is 0 Å². The van der Waals surface area contributed by atoms with E-state index in [0.717, 1.165) is 22.6 Å². The summed E-state index contributed by atoms with van der Waals surface area (Å²) in [6, 6.07) is 11.6. The molecule has 5 nitrogen and oxygen atoms in total. The van der Waals surface area contributed by atoms with Crippen molar-refractivity contribution in [3.63, 3.8) is 0 Å².